The van der Waals surface area contributed by atoms with Crippen LogP contribution in [0.25, 0.3) is 0 Å². The maximum absolute atomic E-state index is 5.55. The summed E-state index contributed by atoms with van der Waals surface area (Å²) in [6.45, 7) is 2.74. The van der Waals surface area contributed by atoms with Crippen LogP contribution in [-0.4, -0.2) is 30.2 Å². The zero-order valence-electron chi connectivity index (χ0n) is 16.4. The molecule has 2 aliphatic rings. The van der Waals surface area contributed by atoms with Crippen molar-refractivity contribution in [2.45, 2.75) is 51.1 Å². The van der Waals surface area contributed by atoms with Crippen LogP contribution >= 0.6 is 0 Å². The lowest BCUT2D eigenvalue weighted by molar-refractivity contribution is 0.0252. The maximum Gasteiger partial charge on any atom is 0.160 e. The average molecular weight is 367 g/mol. The van der Waals surface area contributed by atoms with Gasteiger partial charge in [0, 0.05) is 36.5 Å². The summed E-state index contributed by atoms with van der Waals surface area (Å²) in [6.07, 6.45) is 9.22. The minimum absolute atomic E-state index is 0.495. The molecule has 5 nitrogen and oxygen atoms in total. The number of benzene rings is 1. The Morgan fingerprint density at radius 1 is 1.00 bits per heavy atom. The fourth-order valence-electron chi connectivity index (χ4n) is 5.01. The van der Waals surface area contributed by atoms with E-state index in [2.05, 4.69) is 27.4 Å². The van der Waals surface area contributed by atoms with E-state index in [1.807, 2.05) is 25.4 Å². The summed E-state index contributed by atoms with van der Waals surface area (Å²) in [5.74, 6) is 4.49. The van der Waals surface area contributed by atoms with Crippen molar-refractivity contribution in [3.63, 3.8) is 0 Å². The minimum Gasteiger partial charge on any atom is -0.493 e. The first-order valence-electron chi connectivity index (χ1n) is 9.94. The normalized spacial score (nSPS) is 26.8. The van der Waals surface area contributed by atoms with E-state index in [0.29, 0.717) is 12.0 Å². The molecule has 0 amide bonds. The highest BCUT2D eigenvalue weighted by Crippen LogP contribution is 2.55. The van der Waals surface area contributed by atoms with Gasteiger partial charge < -0.3 is 14.8 Å². The van der Waals surface area contributed by atoms with Crippen LogP contribution in [0.15, 0.2) is 30.6 Å². The Morgan fingerprint density at radius 2 is 1.70 bits per heavy atom. The van der Waals surface area contributed by atoms with Crippen LogP contribution in [0.4, 0.5) is 0 Å². The predicted molar refractivity (Wildman–Crippen MR) is 105 cm³/mol. The van der Waals surface area contributed by atoms with E-state index in [1.165, 1.54) is 31.2 Å². The maximum atomic E-state index is 5.55. The van der Waals surface area contributed by atoms with Gasteiger partial charge in [-0.05, 0) is 49.3 Å². The molecular formula is C22H29N3O2. The van der Waals surface area contributed by atoms with Crippen LogP contribution in [0, 0.1) is 18.8 Å². The zero-order valence-corrected chi connectivity index (χ0v) is 16.4. The molecule has 4 rings (SSSR count). The molecule has 1 aromatic carbocycles. The molecule has 1 aromatic heterocycles. The van der Waals surface area contributed by atoms with E-state index in [4.69, 9.17) is 9.47 Å². The molecule has 1 N–H and O–H groups in total. The molecule has 2 fully saturated rings. The lowest BCUT2D eigenvalue weighted by Gasteiger charge is -2.55. The summed E-state index contributed by atoms with van der Waals surface area (Å²) in [5, 5.41) is 3.82. The summed E-state index contributed by atoms with van der Waals surface area (Å²) in [7, 11) is 3.39. The molecule has 2 aliphatic carbocycles. The Kier molecular flexibility index (Phi) is 5.30. The Hall–Kier alpha value is -2.14. The molecule has 0 saturated heterocycles. The first kappa shape index (κ1) is 18.2. The van der Waals surface area contributed by atoms with E-state index in [9.17, 15) is 0 Å². The predicted octanol–water partition coefficient (Wildman–Crippen LogP) is 3.86. The zero-order chi connectivity index (χ0) is 18.8. The van der Waals surface area contributed by atoms with E-state index in [0.717, 1.165) is 41.3 Å². The molecule has 0 spiro atoms. The monoisotopic (exact) mass is 367 g/mol. The highest BCUT2D eigenvalue weighted by Gasteiger charge is 2.51. The van der Waals surface area contributed by atoms with Crippen LogP contribution < -0.4 is 14.8 Å². The van der Waals surface area contributed by atoms with Crippen molar-refractivity contribution in [1.82, 2.24) is 15.3 Å². The summed E-state index contributed by atoms with van der Waals surface area (Å²) in [5.41, 5.74) is 2.50. The molecule has 0 bridgehead atoms. The van der Waals surface area contributed by atoms with Gasteiger partial charge in [-0.2, -0.15) is 0 Å². The number of fused-ring (bicyclic) bond motifs is 1. The Labute approximate surface area is 161 Å². The number of hydrogen-bond donors (Lipinski definition) is 1. The van der Waals surface area contributed by atoms with Crippen molar-refractivity contribution in [2.75, 3.05) is 14.2 Å². The topological polar surface area (TPSA) is 56.3 Å². The molecule has 4 atom stereocenters. The first-order chi connectivity index (χ1) is 13.2. The third kappa shape index (κ3) is 3.53. The fourth-order valence-corrected chi connectivity index (χ4v) is 5.01. The van der Waals surface area contributed by atoms with Crippen molar-refractivity contribution >= 4 is 0 Å². The average Bonchev–Trinajstić information content (AvgIpc) is 2.70. The Balaban J connectivity index is 1.54. The second-order valence-corrected chi connectivity index (χ2v) is 7.80. The second-order valence-electron chi connectivity index (χ2n) is 7.80. The van der Waals surface area contributed by atoms with E-state index < -0.39 is 0 Å². The van der Waals surface area contributed by atoms with Gasteiger partial charge >= 0.3 is 0 Å². The number of rotatable bonds is 6. The molecule has 144 valence electrons. The SMILES string of the molecule is COc1ccc([C@H]2C3CCCCC3[C@@H]2NCc2cnc(C)nc2)cc1OC. The van der Waals surface area contributed by atoms with Gasteiger partial charge in [-0.3, -0.25) is 0 Å². The van der Waals surface area contributed by atoms with E-state index in [1.54, 1.807) is 14.2 Å². The van der Waals surface area contributed by atoms with Crippen molar-refractivity contribution in [1.29, 1.82) is 0 Å². The Morgan fingerprint density at radius 3 is 2.41 bits per heavy atom. The largest absolute Gasteiger partial charge is 0.493 e. The third-order valence-electron chi connectivity index (χ3n) is 6.35. The number of nitrogens with zero attached hydrogens (tertiary/aromatic N) is 2. The molecule has 2 saturated carbocycles. The second kappa shape index (κ2) is 7.85. The number of aromatic nitrogens is 2. The number of methoxy groups -OCH3 is 2. The van der Waals surface area contributed by atoms with Crippen LogP contribution in [-0.2, 0) is 6.54 Å². The van der Waals surface area contributed by atoms with Gasteiger partial charge in [-0.25, -0.2) is 9.97 Å². The van der Waals surface area contributed by atoms with Crippen molar-refractivity contribution in [3.8, 4) is 11.5 Å². The molecular weight excluding hydrogens is 338 g/mol. The van der Waals surface area contributed by atoms with Gasteiger partial charge in [-0.15, -0.1) is 0 Å². The van der Waals surface area contributed by atoms with E-state index in [-0.39, 0.29) is 0 Å². The lowest BCUT2D eigenvalue weighted by Crippen LogP contribution is -2.57. The third-order valence-corrected chi connectivity index (χ3v) is 6.35. The lowest BCUT2D eigenvalue weighted by atomic mass is 9.53. The van der Waals surface area contributed by atoms with Gasteiger partial charge in [0.1, 0.15) is 5.82 Å². The minimum atomic E-state index is 0.495. The highest BCUT2D eigenvalue weighted by molar-refractivity contribution is 5.45. The highest BCUT2D eigenvalue weighted by atomic mass is 16.5. The van der Waals surface area contributed by atoms with Gasteiger partial charge in [0.05, 0.1) is 14.2 Å². The van der Waals surface area contributed by atoms with Crippen molar-refractivity contribution in [2.24, 2.45) is 11.8 Å². The van der Waals surface area contributed by atoms with Gasteiger partial charge in [0.15, 0.2) is 11.5 Å². The number of hydrogen-bond acceptors (Lipinski definition) is 5. The molecule has 2 aromatic rings. The number of ether oxygens (including phenoxy) is 2. The number of nitrogens with one attached hydrogen (secondary N) is 1. The van der Waals surface area contributed by atoms with Crippen LogP contribution in [0.1, 0.15) is 48.6 Å². The molecule has 0 aliphatic heterocycles. The van der Waals surface area contributed by atoms with E-state index >= 15 is 0 Å². The van der Waals surface area contributed by atoms with Crippen LogP contribution in [0.3, 0.4) is 0 Å². The summed E-state index contributed by atoms with van der Waals surface area (Å²) >= 11 is 0. The Bertz CT molecular complexity index is 778. The quantitative estimate of drug-likeness (QED) is 0.840. The molecule has 5 heteroatoms. The van der Waals surface area contributed by atoms with Crippen LogP contribution in [0.5, 0.6) is 11.5 Å². The first-order valence-corrected chi connectivity index (χ1v) is 9.94. The molecule has 1 heterocycles. The summed E-state index contributed by atoms with van der Waals surface area (Å²) in [6, 6.07) is 6.91. The van der Waals surface area contributed by atoms with Crippen molar-refractivity contribution < 1.29 is 9.47 Å². The van der Waals surface area contributed by atoms with Crippen molar-refractivity contribution in [3.05, 3.63) is 47.5 Å². The molecule has 2 unspecified atom stereocenters. The standard InChI is InChI=1S/C22H29N3O2/c1-14-23-11-15(12-24-14)13-25-22-18-7-5-4-6-17(18)21(22)16-8-9-19(26-2)20(10-16)27-3/h8-12,17-18,21-22,25H,4-7,13H2,1-3H3/t17?,18?,21-,22-/m0/s1. The molecule has 0 radical (unpaired) electrons. The van der Waals surface area contributed by atoms with Gasteiger partial charge in [-0.1, -0.05) is 18.9 Å². The summed E-state index contributed by atoms with van der Waals surface area (Å²) in [4.78, 5) is 8.64. The van der Waals surface area contributed by atoms with Crippen LogP contribution in [0.2, 0.25) is 0 Å². The van der Waals surface area contributed by atoms with Gasteiger partial charge in [0.2, 0.25) is 0 Å². The molecule has 27 heavy (non-hydrogen) atoms. The number of aryl methyl sites for hydroxylation is 1. The summed E-state index contributed by atoms with van der Waals surface area (Å²) < 4.78 is 11.0. The smallest absolute Gasteiger partial charge is 0.160 e. The van der Waals surface area contributed by atoms with Gasteiger partial charge in [0.25, 0.3) is 0 Å². The fraction of sp³-hybridized carbons (Fsp3) is 0.545.